The van der Waals surface area contributed by atoms with E-state index in [1.54, 1.807) is 23.9 Å². The molecule has 1 saturated heterocycles. The van der Waals surface area contributed by atoms with Crippen molar-refractivity contribution < 1.29 is 28.1 Å². The summed E-state index contributed by atoms with van der Waals surface area (Å²) in [6.07, 6.45) is -1.95. The van der Waals surface area contributed by atoms with Crippen LogP contribution in [0.1, 0.15) is 30.5 Å². The Bertz CT molecular complexity index is 1170. The van der Waals surface area contributed by atoms with E-state index in [1.165, 1.54) is 4.90 Å². The van der Waals surface area contributed by atoms with Gasteiger partial charge in [-0.15, -0.1) is 0 Å². The van der Waals surface area contributed by atoms with Crippen molar-refractivity contribution in [2.45, 2.75) is 31.3 Å². The number of alkyl halides is 3. The summed E-state index contributed by atoms with van der Waals surface area (Å²) >= 11 is 0. The topological polar surface area (TPSA) is 70.8 Å². The fourth-order valence-corrected chi connectivity index (χ4v) is 3.93. The predicted molar refractivity (Wildman–Crippen MR) is 125 cm³/mol. The van der Waals surface area contributed by atoms with E-state index < -0.39 is 24.9 Å². The van der Waals surface area contributed by atoms with Crippen LogP contribution in [0.25, 0.3) is 11.1 Å². The van der Waals surface area contributed by atoms with Crippen LogP contribution in [0.15, 0.2) is 60.9 Å². The highest BCUT2D eigenvalue weighted by atomic mass is 19.4. The molecule has 2 aromatic carbocycles. The summed E-state index contributed by atoms with van der Waals surface area (Å²) < 4.78 is 44.6. The molecule has 2 heterocycles. The first-order valence-corrected chi connectivity index (χ1v) is 11.2. The Balaban J connectivity index is 1.35. The number of nitrogens with zero attached hydrogens (tertiary/aromatic N) is 3. The van der Waals surface area contributed by atoms with Crippen LogP contribution >= 0.6 is 0 Å². The molecule has 4 rings (SSSR count). The molecule has 184 valence electrons. The zero-order valence-electron chi connectivity index (χ0n) is 19.1. The fraction of sp³-hybridized carbons (Fsp3) is 0.346. The van der Waals surface area contributed by atoms with E-state index in [-0.39, 0.29) is 25.8 Å². The minimum Gasteiger partial charge on any atom is -0.488 e. The van der Waals surface area contributed by atoms with Crippen LogP contribution in [0.2, 0.25) is 0 Å². The number of hydrogen-bond acceptors (Lipinski definition) is 5. The number of benzene rings is 2. The lowest BCUT2D eigenvalue weighted by Crippen LogP contribution is -2.56. The van der Waals surface area contributed by atoms with E-state index in [4.69, 9.17) is 4.74 Å². The highest BCUT2D eigenvalue weighted by Crippen LogP contribution is 2.26. The van der Waals surface area contributed by atoms with Gasteiger partial charge in [-0.2, -0.15) is 13.2 Å². The van der Waals surface area contributed by atoms with Gasteiger partial charge in [-0.05, 0) is 42.3 Å². The number of imidazole rings is 1. The number of rotatable bonds is 7. The van der Waals surface area contributed by atoms with E-state index in [0.717, 1.165) is 16.7 Å². The normalized spacial score (nSPS) is 16.2. The highest BCUT2D eigenvalue weighted by molar-refractivity contribution is 5.65. The second kappa shape index (κ2) is 10.5. The summed E-state index contributed by atoms with van der Waals surface area (Å²) in [5.41, 5.74) is 2.73. The molecular weight excluding hydrogens is 459 g/mol. The zero-order valence-corrected chi connectivity index (χ0v) is 19.1. The van der Waals surface area contributed by atoms with Gasteiger partial charge in [0.1, 0.15) is 29.8 Å². The molecule has 1 aliphatic heterocycles. The maximum Gasteiger partial charge on any atom is 0.401 e. The molecule has 1 aromatic heterocycles. The molecule has 0 amide bonds. The van der Waals surface area contributed by atoms with Gasteiger partial charge >= 0.3 is 6.18 Å². The van der Waals surface area contributed by atoms with Gasteiger partial charge in [0.25, 0.3) is 0 Å². The van der Waals surface area contributed by atoms with Crippen LogP contribution in [0.3, 0.4) is 0 Å². The Morgan fingerprint density at radius 1 is 1.09 bits per heavy atom. The summed E-state index contributed by atoms with van der Waals surface area (Å²) in [6, 6.07) is 14.5. The van der Waals surface area contributed by atoms with Crippen LogP contribution in [0.4, 0.5) is 13.2 Å². The predicted octanol–water partition coefficient (Wildman–Crippen LogP) is 3.81. The minimum atomic E-state index is -4.18. The second-order valence-electron chi connectivity index (χ2n) is 8.49. The van der Waals surface area contributed by atoms with Crippen molar-refractivity contribution >= 4 is 0 Å². The molecule has 0 radical (unpaired) electrons. The summed E-state index contributed by atoms with van der Waals surface area (Å²) in [6.45, 7) is 1.03. The Hall–Kier alpha value is -3.32. The van der Waals surface area contributed by atoms with Gasteiger partial charge in [0.2, 0.25) is 0 Å². The van der Waals surface area contributed by atoms with Crippen LogP contribution < -0.4 is 4.74 Å². The largest absolute Gasteiger partial charge is 0.488 e. The van der Waals surface area contributed by atoms with E-state index in [1.807, 2.05) is 48.5 Å². The first-order chi connectivity index (χ1) is 16.7. The Morgan fingerprint density at radius 3 is 2.29 bits per heavy atom. The van der Waals surface area contributed by atoms with Crippen LogP contribution in [0, 0.1) is 11.8 Å². The minimum absolute atomic E-state index is 0.212. The number of aliphatic hydroxyl groups excluding tert-OH is 2. The van der Waals surface area contributed by atoms with Gasteiger partial charge in [0.05, 0.1) is 13.2 Å². The van der Waals surface area contributed by atoms with Gasteiger partial charge in [0, 0.05) is 31.0 Å². The van der Waals surface area contributed by atoms with E-state index in [9.17, 15) is 23.4 Å². The third-order valence-electron chi connectivity index (χ3n) is 5.67. The third-order valence-corrected chi connectivity index (χ3v) is 5.67. The lowest BCUT2D eigenvalue weighted by molar-refractivity contribution is -0.162. The molecule has 2 N–H and O–H groups in total. The van der Waals surface area contributed by atoms with Crippen LogP contribution in [-0.4, -0.2) is 63.2 Å². The van der Waals surface area contributed by atoms with Crippen molar-refractivity contribution in [1.29, 1.82) is 0 Å². The molecule has 0 saturated carbocycles. The van der Waals surface area contributed by atoms with Crippen molar-refractivity contribution in [3.05, 3.63) is 72.3 Å². The molecule has 0 bridgehead atoms. The van der Waals surface area contributed by atoms with Crippen molar-refractivity contribution in [2.75, 3.05) is 26.2 Å². The molecule has 0 unspecified atom stereocenters. The fourth-order valence-electron chi connectivity index (χ4n) is 3.93. The average molecular weight is 486 g/mol. The maximum atomic E-state index is 12.4. The molecule has 2 atom stereocenters. The number of hydrogen-bond donors (Lipinski definition) is 2. The molecule has 0 aliphatic carbocycles. The summed E-state index contributed by atoms with van der Waals surface area (Å²) in [5, 5.41) is 19.6. The SMILES string of the molecule is C[C@H](O)c1nccn1[C@@H](C#Cc1ccc(-c2ccc(OC3CN(CC(F)(F)F)C3)cc2)cc1)CO. The van der Waals surface area contributed by atoms with Gasteiger partial charge in [-0.3, -0.25) is 4.90 Å². The zero-order chi connectivity index (χ0) is 25.0. The molecule has 1 aliphatic rings. The van der Waals surface area contributed by atoms with Crippen LogP contribution in [0.5, 0.6) is 5.75 Å². The molecule has 3 aromatic rings. The smallest absolute Gasteiger partial charge is 0.401 e. The van der Waals surface area contributed by atoms with Crippen molar-refractivity contribution in [3.8, 4) is 28.7 Å². The van der Waals surface area contributed by atoms with E-state index in [2.05, 4.69) is 16.8 Å². The first kappa shape index (κ1) is 24.8. The van der Waals surface area contributed by atoms with Crippen molar-refractivity contribution in [1.82, 2.24) is 14.5 Å². The number of ether oxygens (including phenoxy) is 1. The van der Waals surface area contributed by atoms with Gasteiger partial charge in [-0.25, -0.2) is 4.98 Å². The Morgan fingerprint density at radius 2 is 1.71 bits per heavy atom. The quantitative estimate of drug-likeness (QED) is 0.498. The standard InChI is InChI=1S/C26H26F3N3O3/c1-18(34)25-30-12-13-32(25)22(16-33)9-4-19-2-5-20(6-3-19)21-7-10-23(11-8-21)35-24-14-31(15-24)17-26(27,28)29/h2-3,5-8,10-13,18,22,24,33-34H,14-17H2,1H3/t18-,22-/m0/s1. The van der Waals surface area contributed by atoms with Gasteiger partial charge in [0.15, 0.2) is 0 Å². The number of aromatic nitrogens is 2. The molecule has 9 heteroatoms. The summed E-state index contributed by atoms with van der Waals surface area (Å²) in [7, 11) is 0. The van der Waals surface area contributed by atoms with Crippen molar-refractivity contribution in [2.24, 2.45) is 0 Å². The Labute approximate surface area is 201 Å². The molecule has 6 nitrogen and oxygen atoms in total. The molecular formula is C26H26F3N3O3. The number of aliphatic hydroxyl groups is 2. The van der Waals surface area contributed by atoms with Crippen LogP contribution in [-0.2, 0) is 0 Å². The lowest BCUT2D eigenvalue weighted by atomic mass is 10.0. The Kier molecular flexibility index (Phi) is 7.45. The van der Waals surface area contributed by atoms with Gasteiger partial charge in [-0.1, -0.05) is 36.1 Å². The number of halogens is 3. The molecule has 1 fully saturated rings. The average Bonchev–Trinajstić information content (AvgIpc) is 3.28. The number of likely N-dealkylation sites (tertiary alicyclic amines) is 1. The summed E-state index contributed by atoms with van der Waals surface area (Å²) in [4.78, 5) is 5.43. The van der Waals surface area contributed by atoms with E-state index >= 15 is 0 Å². The summed E-state index contributed by atoms with van der Waals surface area (Å²) in [5.74, 6) is 7.15. The first-order valence-electron chi connectivity index (χ1n) is 11.2. The maximum absolute atomic E-state index is 12.4. The van der Waals surface area contributed by atoms with E-state index in [0.29, 0.717) is 11.6 Å². The van der Waals surface area contributed by atoms with Gasteiger partial charge < -0.3 is 19.5 Å². The highest BCUT2D eigenvalue weighted by Gasteiger charge is 2.37. The van der Waals surface area contributed by atoms with Crippen molar-refractivity contribution in [3.63, 3.8) is 0 Å². The second-order valence-corrected chi connectivity index (χ2v) is 8.49. The molecule has 35 heavy (non-hydrogen) atoms. The lowest BCUT2D eigenvalue weighted by Gasteiger charge is -2.39. The third kappa shape index (κ3) is 6.42. The molecule has 0 spiro atoms. The monoisotopic (exact) mass is 485 g/mol.